The van der Waals surface area contributed by atoms with Gasteiger partial charge in [-0.15, -0.1) is 0 Å². The van der Waals surface area contributed by atoms with Crippen molar-refractivity contribution in [2.45, 2.75) is 6.18 Å². The summed E-state index contributed by atoms with van der Waals surface area (Å²) in [5.74, 6) is 0.277. The molecule has 0 unspecified atom stereocenters. The molecule has 0 radical (unpaired) electrons. The van der Waals surface area contributed by atoms with Gasteiger partial charge in [-0.25, -0.2) is 4.98 Å². The number of ether oxygens (including phenoxy) is 2. The second-order valence-corrected chi connectivity index (χ2v) is 8.07. The zero-order chi connectivity index (χ0) is 24.1. The maximum absolute atomic E-state index is 12.8. The van der Waals surface area contributed by atoms with E-state index in [0.29, 0.717) is 63.4 Å². The third kappa shape index (κ3) is 6.03. The molecule has 0 bridgehead atoms. The number of hydrogen-bond acceptors (Lipinski definition) is 6. The van der Waals surface area contributed by atoms with Crippen molar-refractivity contribution in [1.29, 1.82) is 0 Å². The molecule has 8 nitrogen and oxygen atoms in total. The molecule has 34 heavy (non-hydrogen) atoms. The maximum Gasteiger partial charge on any atom is 0.417 e. The highest BCUT2D eigenvalue weighted by Gasteiger charge is 2.31. The molecule has 2 amide bonds. The Labute approximate surface area is 194 Å². The van der Waals surface area contributed by atoms with Crippen molar-refractivity contribution in [1.82, 2.24) is 19.7 Å². The van der Waals surface area contributed by atoms with E-state index in [1.807, 2.05) is 0 Å². The van der Waals surface area contributed by atoms with Crippen LogP contribution in [-0.4, -0.2) is 90.5 Å². The first-order valence-electron chi connectivity index (χ1n) is 11.0. The molecule has 182 valence electrons. The summed E-state index contributed by atoms with van der Waals surface area (Å²) in [4.78, 5) is 34.6. The molecule has 1 aromatic heterocycles. The van der Waals surface area contributed by atoms with Crippen LogP contribution in [0.5, 0.6) is 11.6 Å². The van der Waals surface area contributed by atoms with Gasteiger partial charge in [-0.05, 0) is 30.3 Å². The van der Waals surface area contributed by atoms with Crippen LogP contribution in [0, 0.1) is 0 Å². The summed E-state index contributed by atoms with van der Waals surface area (Å²) < 4.78 is 48.7. The Hall–Kier alpha value is -3.18. The van der Waals surface area contributed by atoms with Gasteiger partial charge in [0.2, 0.25) is 11.8 Å². The van der Waals surface area contributed by atoms with E-state index in [4.69, 9.17) is 9.47 Å². The number of halogens is 3. The zero-order valence-electron chi connectivity index (χ0n) is 18.5. The van der Waals surface area contributed by atoms with E-state index < -0.39 is 11.7 Å². The SMILES string of the molecule is O=C(CN1CCOCC1)N1CCN(C(=O)c2ccc(Oc3ccc(C(F)(F)F)cn3)cc2)CC1. The minimum absolute atomic E-state index is 0.0185. The quantitative estimate of drug-likeness (QED) is 0.658. The van der Waals surface area contributed by atoms with E-state index in [1.165, 1.54) is 0 Å². The lowest BCUT2D eigenvalue weighted by Gasteiger charge is -2.36. The maximum atomic E-state index is 12.8. The van der Waals surface area contributed by atoms with Crippen LogP contribution in [0.3, 0.4) is 0 Å². The molecular weight excluding hydrogens is 453 g/mol. The van der Waals surface area contributed by atoms with Gasteiger partial charge in [-0.3, -0.25) is 14.5 Å². The third-order valence-corrected chi connectivity index (χ3v) is 5.77. The Morgan fingerprint density at radius 2 is 1.56 bits per heavy atom. The standard InChI is InChI=1S/C23H25F3N4O4/c24-23(25,26)18-3-6-20(27-15-18)34-19-4-1-17(2-5-19)22(32)30-9-7-29(8-10-30)21(31)16-28-11-13-33-14-12-28/h1-6,15H,7-14,16H2. The van der Waals surface area contributed by atoms with E-state index >= 15 is 0 Å². The van der Waals surface area contributed by atoms with Gasteiger partial charge < -0.3 is 19.3 Å². The summed E-state index contributed by atoms with van der Waals surface area (Å²) in [6.45, 7) is 5.00. The topological polar surface area (TPSA) is 75.2 Å². The molecular formula is C23H25F3N4O4. The predicted molar refractivity (Wildman–Crippen MR) is 115 cm³/mol. The first-order valence-corrected chi connectivity index (χ1v) is 11.0. The lowest BCUT2D eigenvalue weighted by molar-refractivity contribution is -0.138. The molecule has 11 heteroatoms. The van der Waals surface area contributed by atoms with Gasteiger partial charge >= 0.3 is 6.18 Å². The zero-order valence-corrected chi connectivity index (χ0v) is 18.5. The second-order valence-electron chi connectivity index (χ2n) is 8.07. The highest BCUT2D eigenvalue weighted by molar-refractivity contribution is 5.94. The number of amides is 2. The van der Waals surface area contributed by atoms with Crippen LogP contribution in [0.1, 0.15) is 15.9 Å². The third-order valence-electron chi connectivity index (χ3n) is 5.77. The molecule has 2 aromatic rings. The number of alkyl halides is 3. The number of hydrogen-bond donors (Lipinski definition) is 0. The molecule has 4 rings (SSSR count). The van der Waals surface area contributed by atoms with Crippen LogP contribution >= 0.6 is 0 Å². The highest BCUT2D eigenvalue weighted by atomic mass is 19.4. The van der Waals surface area contributed by atoms with E-state index in [-0.39, 0.29) is 17.7 Å². The number of piperazine rings is 1. The summed E-state index contributed by atoms with van der Waals surface area (Å²) in [5.41, 5.74) is -0.399. The molecule has 0 atom stereocenters. The Morgan fingerprint density at radius 1 is 0.912 bits per heavy atom. The Morgan fingerprint density at radius 3 is 2.15 bits per heavy atom. The summed E-state index contributed by atoms with van der Waals surface area (Å²) in [7, 11) is 0. The van der Waals surface area contributed by atoms with Crippen LogP contribution in [0.4, 0.5) is 13.2 Å². The van der Waals surface area contributed by atoms with Crippen molar-refractivity contribution in [2.24, 2.45) is 0 Å². The van der Waals surface area contributed by atoms with E-state index in [9.17, 15) is 22.8 Å². The van der Waals surface area contributed by atoms with Gasteiger partial charge in [0.25, 0.3) is 5.91 Å². The molecule has 0 saturated carbocycles. The van der Waals surface area contributed by atoms with Gasteiger partial charge in [0.1, 0.15) is 5.75 Å². The molecule has 3 heterocycles. The Kier molecular flexibility index (Phi) is 7.32. The molecule has 2 aliphatic heterocycles. The summed E-state index contributed by atoms with van der Waals surface area (Å²) in [6, 6.07) is 8.35. The van der Waals surface area contributed by atoms with Crippen molar-refractivity contribution in [3.05, 3.63) is 53.7 Å². The molecule has 0 aliphatic carbocycles. The highest BCUT2D eigenvalue weighted by Crippen LogP contribution is 2.30. The van der Waals surface area contributed by atoms with Crippen LogP contribution in [-0.2, 0) is 15.7 Å². The van der Waals surface area contributed by atoms with E-state index in [0.717, 1.165) is 25.2 Å². The molecule has 0 N–H and O–H groups in total. The Balaban J connectivity index is 1.27. The fraction of sp³-hybridized carbons (Fsp3) is 0.435. The predicted octanol–water partition coefficient (Wildman–Crippen LogP) is 2.51. The first-order chi connectivity index (χ1) is 16.3. The average molecular weight is 478 g/mol. The normalized spacial score (nSPS) is 17.5. The van der Waals surface area contributed by atoms with Gasteiger partial charge in [-0.2, -0.15) is 13.2 Å². The van der Waals surface area contributed by atoms with Crippen LogP contribution < -0.4 is 4.74 Å². The van der Waals surface area contributed by atoms with E-state index in [1.54, 1.807) is 34.1 Å². The largest absolute Gasteiger partial charge is 0.439 e. The number of carbonyl (C=O) groups excluding carboxylic acids is 2. The van der Waals surface area contributed by atoms with Crippen molar-refractivity contribution >= 4 is 11.8 Å². The van der Waals surface area contributed by atoms with Crippen LogP contribution in [0.2, 0.25) is 0 Å². The van der Waals surface area contributed by atoms with Crippen molar-refractivity contribution in [2.75, 3.05) is 59.0 Å². The number of benzene rings is 1. The number of carbonyl (C=O) groups is 2. The van der Waals surface area contributed by atoms with Crippen molar-refractivity contribution in [3.8, 4) is 11.6 Å². The monoisotopic (exact) mass is 478 g/mol. The fourth-order valence-corrected chi connectivity index (χ4v) is 3.79. The van der Waals surface area contributed by atoms with Crippen molar-refractivity contribution in [3.63, 3.8) is 0 Å². The van der Waals surface area contributed by atoms with Crippen LogP contribution in [0.15, 0.2) is 42.6 Å². The van der Waals surface area contributed by atoms with E-state index in [2.05, 4.69) is 9.88 Å². The first kappa shape index (κ1) is 24.0. The molecule has 2 aliphatic rings. The van der Waals surface area contributed by atoms with Gasteiger partial charge in [0, 0.05) is 57.1 Å². The lowest BCUT2D eigenvalue weighted by Crippen LogP contribution is -2.53. The summed E-state index contributed by atoms with van der Waals surface area (Å²) >= 11 is 0. The number of morpholine rings is 1. The van der Waals surface area contributed by atoms with Gasteiger partial charge in [0.05, 0.1) is 25.3 Å². The number of pyridine rings is 1. The minimum atomic E-state index is -4.46. The minimum Gasteiger partial charge on any atom is -0.439 e. The number of rotatable bonds is 5. The lowest BCUT2D eigenvalue weighted by atomic mass is 10.1. The molecule has 2 saturated heterocycles. The second kappa shape index (κ2) is 10.4. The van der Waals surface area contributed by atoms with Gasteiger partial charge in [-0.1, -0.05) is 0 Å². The molecule has 0 spiro atoms. The molecule has 1 aromatic carbocycles. The fourth-order valence-electron chi connectivity index (χ4n) is 3.79. The molecule has 2 fully saturated rings. The summed E-state index contributed by atoms with van der Waals surface area (Å²) in [5, 5.41) is 0. The number of nitrogens with zero attached hydrogens (tertiary/aromatic N) is 4. The Bertz CT molecular complexity index is 985. The summed E-state index contributed by atoms with van der Waals surface area (Å²) in [6.07, 6.45) is -3.76. The van der Waals surface area contributed by atoms with Crippen molar-refractivity contribution < 1.29 is 32.2 Å². The smallest absolute Gasteiger partial charge is 0.417 e. The number of aromatic nitrogens is 1. The van der Waals surface area contributed by atoms with Gasteiger partial charge in [0.15, 0.2) is 0 Å². The van der Waals surface area contributed by atoms with Crippen LogP contribution in [0.25, 0.3) is 0 Å². The average Bonchev–Trinajstić information content (AvgIpc) is 2.84.